The topological polar surface area (TPSA) is 81.9 Å². The summed E-state index contributed by atoms with van der Waals surface area (Å²) in [6.45, 7) is 11.2. The zero-order valence-electron chi connectivity index (χ0n) is 15.2. The third-order valence-electron chi connectivity index (χ3n) is 5.13. The quantitative estimate of drug-likeness (QED) is 0.848. The molecule has 0 radical (unpaired) electrons. The minimum absolute atomic E-state index is 0.0783. The molecule has 2 fully saturated rings. The molecule has 25 heavy (non-hydrogen) atoms. The summed E-state index contributed by atoms with van der Waals surface area (Å²) in [7, 11) is 0. The van der Waals surface area contributed by atoms with Crippen LogP contribution in [0.3, 0.4) is 0 Å². The molecule has 2 saturated heterocycles. The Balaban J connectivity index is 1.48. The maximum Gasteiger partial charge on any atom is 0.240 e. The largest absolute Gasteiger partial charge is 0.340 e. The van der Waals surface area contributed by atoms with Crippen LogP contribution in [0.5, 0.6) is 0 Å². The number of nitrogens with one attached hydrogen (secondary N) is 1. The second-order valence-electron chi connectivity index (χ2n) is 7.16. The molecular weight excluding hydrogens is 322 g/mol. The van der Waals surface area contributed by atoms with Gasteiger partial charge in [-0.05, 0) is 12.8 Å². The first-order valence-electron chi connectivity index (χ1n) is 8.87. The average molecular weight is 349 g/mol. The monoisotopic (exact) mass is 349 g/mol. The number of nitrogens with zero attached hydrogens (tertiary/aromatic N) is 4. The molecule has 8 heteroatoms. The first kappa shape index (κ1) is 17.9. The summed E-state index contributed by atoms with van der Waals surface area (Å²) in [5, 5.41) is 6.52. The number of aryl methyl sites for hydroxylation is 1. The van der Waals surface area contributed by atoms with Crippen LogP contribution in [0.25, 0.3) is 0 Å². The summed E-state index contributed by atoms with van der Waals surface area (Å²) in [6, 6.07) is 2.15. The molecule has 0 aliphatic carbocycles. The van der Waals surface area contributed by atoms with Crippen molar-refractivity contribution in [1.29, 1.82) is 0 Å². The molecule has 2 amide bonds. The van der Waals surface area contributed by atoms with Crippen LogP contribution in [-0.2, 0) is 9.59 Å². The maximum atomic E-state index is 12.2. The second-order valence-corrected chi connectivity index (χ2v) is 7.16. The average Bonchev–Trinajstić information content (AvgIpc) is 3.13. The Morgan fingerprint density at radius 1 is 1.28 bits per heavy atom. The van der Waals surface area contributed by atoms with Gasteiger partial charge in [0.25, 0.3) is 0 Å². The van der Waals surface area contributed by atoms with Gasteiger partial charge in [-0.3, -0.25) is 24.7 Å². The first-order chi connectivity index (χ1) is 11.9. The Bertz CT molecular complexity index is 624. The lowest BCUT2D eigenvalue weighted by atomic mass is 10.0. The van der Waals surface area contributed by atoms with Crippen LogP contribution in [0.15, 0.2) is 10.6 Å². The van der Waals surface area contributed by atoms with Gasteiger partial charge in [0.05, 0.1) is 12.2 Å². The molecule has 0 aromatic carbocycles. The van der Waals surface area contributed by atoms with E-state index in [9.17, 15) is 9.59 Å². The highest BCUT2D eigenvalue weighted by atomic mass is 16.5. The SMILES string of the molecule is CC(=O)N1CCN(C2CN(CC(=O)Nc3cc(C)no3)CC2C)CC1. The van der Waals surface area contributed by atoms with Crippen molar-refractivity contribution < 1.29 is 14.1 Å². The van der Waals surface area contributed by atoms with E-state index in [1.165, 1.54) is 0 Å². The van der Waals surface area contributed by atoms with Crippen molar-refractivity contribution >= 4 is 17.7 Å². The fourth-order valence-corrected chi connectivity index (χ4v) is 3.82. The number of anilines is 1. The Labute approximate surface area is 148 Å². The minimum atomic E-state index is -0.0783. The number of amides is 2. The Morgan fingerprint density at radius 3 is 2.60 bits per heavy atom. The van der Waals surface area contributed by atoms with Crippen LogP contribution in [-0.4, -0.2) is 83.5 Å². The zero-order valence-corrected chi connectivity index (χ0v) is 15.2. The molecule has 3 rings (SSSR count). The number of carbonyl (C=O) groups is 2. The van der Waals surface area contributed by atoms with Crippen molar-refractivity contribution in [2.45, 2.75) is 26.8 Å². The van der Waals surface area contributed by atoms with Gasteiger partial charge < -0.3 is 9.42 Å². The molecule has 1 aromatic heterocycles. The van der Waals surface area contributed by atoms with E-state index in [-0.39, 0.29) is 11.8 Å². The first-order valence-corrected chi connectivity index (χ1v) is 8.87. The van der Waals surface area contributed by atoms with Gasteiger partial charge in [0.1, 0.15) is 0 Å². The molecule has 3 heterocycles. The minimum Gasteiger partial charge on any atom is -0.340 e. The van der Waals surface area contributed by atoms with Crippen molar-refractivity contribution in [3.8, 4) is 0 Å². The van der Waals surface area contributed by atoms with Crippen molar-refractivity contribution in [3.63, 3.8) is 0 Å². The van der Waals surface area contributed by atoms with E-state index in [1.54, 1.807) is 13.0 Å². The smallest absolute Gasteiger partial charge is 0.240 e. The van der Waals surface area contributed by atoms with Crippen molar-refractivity contribution in [2.75, 3.05) is 51.1 Å². The van der Waals surface area contributed by atoms with Gasteiger partial charge in [0.2, 0.25) is 17.7 Å². The summed E-state index contributed by atoms with van der Waals surface area (Å²) < 4.78 is 5.03. The second kappa shape index (κ2) is 7.53. The van der Waals surface area contributed by atoms with Crippen LogP contribution in [0.2, 0.25) is 0 Å². The molecule has 2 unspecified atom stereocenters. The third kappa shape index (κ3) is 4.38. The van der Waals surface area contributed by atoms with Gasteiger partial charge in [-0.25, -0.2) is 0 Å². The van der Waals surface area contributed by atoms with E-state index in [4.69, 9.17) is 4.52 Å². The molecule has 2 aliphatic heterocycles. The predicted octanol–water partition coefficient (Wildman–Crippen LogP) is 0.406. The standard InChI is InChI=1S/C17H27N5O3/c1-12-9-20(11-16(24)18-17-8-13(2)19-25-17)10-15(12)22-6-4-21(5-7-22)14(3)23/h8,12,15H,4-7,9-11H2,1-3H3,(H,18,24). The normalized spacial score (nSPS) is 25.3. The van der Waals surface area contributed by atoms with Crippen LogP contribution in [0.4, 0.5) is 5.88 Å². The van der Waals surface area contributed by atoms with E-state index in [0.29, 0.717) is 24.4 Å². The van der Waals surface area contributed by atoms with E-state index in [1.807, 2.05) is 11.8 Å². The molecule has 0 spiro atoms. The molecule has 0 bridgehead atoms. The van der Waals surface area contributed by atoms with Crippen molar-refractivity contribution in [3.05, 3.63) is 11.8 Å². The van der Waals surface area contributed by atoms with E-state index in [2.05, 4.69) is 27.2 Å². The number of carbonyl (C=O) groups excluding carboxylic acids is 2. The highest BCUT2D eigenvalue weighted by Crippen LogP contribution is 2.23. The third-order valence-corrected chi connectivity index (χ3v) is 5.13. The molecule has 1 N–H and O–H groups in total. The number of hydrogen-bond acceptors (Lipinski definition) is 6. The van der Waals surface area contributed by atoms with E-state index < -0.39 is 0 Å². The number of hydrogen-bond donors (Lipinski definition) is 1. The van der Waals surface area contributed by atoms with E-state index >= 15 is 0 Å². The number of likely N-dealkylation sites (tertiary alicyclic amines) is 1. The molecule has 2 atom stereocenters. The predicted molar refractivity (Wildman–Crippen MR) is 93.1 cm³/mol. The van der Waals surface area contributed by atoms with Gasteiger partial charge in [0.15, 0.2) is 0 Å². The zero-order chi connectivity index (χ0) is 18.0. The fraction of sp³-hybridized carbons (Fsp3) is 0.706. The maximum absolute atomic E-state index is 12.2. The molecule has 2 aliphatic rings. The Kier molecular flexibility index (Phi) is 5.39. The summed E-state index contributed by atoms with van der Waals surface area (Å²) in [6.07, 6.45) is 0. The summed E-state index contributed by atoms with van der Waals surface area (Å²) in [4.78, 5) is 30.2. The molecule has 138 valence electrons. The highest BCUT2D eigenvalue weighted by molar-refractivity contribution is 5.91. The van der Waals surface area contributed by atoms with Gasteiger partial charge in [-0.1, -0.05) is 12.1 Å². The molecule has 8 nitrogen and oxygen atoms in total. The fourth-order valence-electron chi connectivity index (χ4n) is 3.82. The Hall–Kier alpha value is -1.93. The van der Waals surface area contributed by atoms with Gasteiger partial charge in [0, 0.05) is 58.3 Å². The van der Waals surface area contributed by atoms with Crippen LogP contribution in [0, 0.1) is 12.8 Å². The summed E-state index contributed by atoms with van der Waals surface area (Å²) >= 11 is 0. The summed E-state index contributed by atoms with van der Waals surface area (Å²) in [5.74, 6) is 0.973. The lowest BCUT2D eigenvalue weighted by Crippen LogP contribution is -2.53. The lowest BCUT2D eigenvalue weighted by Gasteiger charge is -2.39. The van der Waals surface area contributed by atoms with Crippen molar-refractivity contribution in [2.24, 2.45) is 5.92 Å². The molecule has 0 saturated carbocycles. The van der Waals surface area contributed by atoms with Gasteiger partial charge in [-0.2, -0.15) is 0 Å². The highest BCUT2D eigenvalue weighted by Gasteiger charge is 2.36. The van der Waals surface area contributed by atoms with Crippen LogP contribution in [0.1, 0.15) is 19.5 Å². The van der Waals surface area contributed by atoms with Crippen LogP contribution < -0.4 is 5.32 Å². The van der Waals surface area contributed by atoms with Gasteiger partial charge >= 0.3 is 0 Å². The number of rotatable bonds is 4. The molecule has 1 aromatic rings. The molecular formula is C17H27N5O3. The van der Waals surface area contributed by atoms with Crippen LogP contribution >= 0.6 is 0 Å². The number of piperazine rings is 1. The van der Waals surface area contributed by atoms with Crippen molar-refractivity contribution in [1.82, 2.24) is 19.9 Å². The van der Waals surface area contributed by atoms with Gasteiger partial charge in [-0.15, -0.1) is 0 Å². The number of aromatic nitrogens is 1. The Morgan fingerprint density at radius 2 is 2.00 bits per heavy atom. The summed E-state index contributed by atoms with van der Waals surface area (Å²) in [5.41, 5.74) is 0.745. The lowest BCUT2D eigenvalue weighted by molar-refractivity contribution is -0.131. The van der Waals surface area contributed by atoms with E-state index in [0.717, 1.165) is 45.0 Å².